The minimum atomic E-state index is -0.113. The Bertz CT molecular complexity index is 716. The molecule has 0 saturated carbocycles. The van der Waals surface area contributed by atoms with Gasteiger partial charge in [-0.25, -0.2) is 0 Å². The Kier molecular flexibility index (Phi) is 5.50. The van der Waals surface area contributed by atoms with Crippen LogP contribution in [0.4, 0.5) is 11.4 Å². The van der Waals surface area contributed by atoms with Crippen LogP contribution in [0.15, 0.2) is 36.4 Å². The third kappa shape index (κ3) is 3.77. The number of methoxy groups -OCH3 is 1. The largest absolute Gasteiger partial charge is 0.495 e. The van der Waals surface area contributed by atoms with Crippen LogP contribution in [0.2, 0.25) is 0 Å². The molecule has 0 spiro atoms. The van der Waals surface area contributed by atoms with Gasteiger partial charge in [-0.3, -0.25) is 4.79 Å². The molecule has 1 amide bonds. The molecule has 0 fully saturated rings. The van der Waals surface area contributed by atoms with E-state index in [4.69, 9.17) is 10.5 Å². The monoisotopic (exact) mass is 332 g/mol. The molecule has 0 bridgehead atoms. The summed E-state index contributed by atoms with van der Waals surface area (Å²) in [6, 6.07) is 11.2. The first-order valence-electron chi connectivity index (χ1n) is 7.54. The fraction of sp³-hybridized carbons (Fsp3) is 0.278. The topological polar surface area (TPSA) is 64.3 Å². The van der Waals surface area contributed by atoms with Crippen molar-refractivity contribution in [3.05, 3.63) is 53.1 Å². The molecule has 0 heterocycles. The van der Waals surface area contributed by atoms with Crippen LogP contribution in [0.1, 0.15) is 34.3 Å². The van der Waals surface area contributed by atoms with Gasteiger partial charge in [-0.05, 0) is 67.1 Å². The molecular weight excluding hydrogens is 312 g/mol. The number of carbonyl (C=O) groups is 1. The van der Waals surface area contributed by atoms with E-state index in [9.17, 15) is 4.79 Å². The van der Waals surface area contributed by atoms with Crippen molar-refractivity contribution in [2.75, 3.05) is 18.2 Å². The zero-order valence-electron chi connectivity index (χ0n) is 13.1. The highest BCUT2D eigenvalue weighted by Crippen LogP contribution is 2.26. The van der Waals surface area contributed by atoms with Crippen molar-refractivity contribution in [3.8, 4) is 5.75 Å². The van der Waals surface area contributed by atoms with E-state index in [0.29, 0.717) is 22.7 Å². The van der Waals surface area contributed by atoms with Crippen LogP contribution in [0.3, 0.4) is 0 Å². The van der Waals surface area contributed by atoms with E-state index in [1.54, 1.807) is 25.3 Å². The summed E-state index contributed by atoms with van der Waals surface area (Å²) in [6.45, 7) is 0. The summed E-state index contributed by atoms with van der Waals surface area (Å²) in [4.78, 5) is 12.4. The van der Waals surface area contributed by atoms with Gasteiger partial charge in [-0.2, -0.15) is 0 Å². The van der Waals surface area contributed by atoms with Gasteiger partial charge in [0.25, 0.3) is 5.91 Å². The first kappa shape index (κ1) is 17.2. The third-order valence-electron chi connectivity index (χ3n) is 4.10. The lowest BCUT2D eigenvalue weighted by atomic mass is 9.90. The normalized spacial score (nSPS) is 12.7. The summed E-state index contributed by atoms with van der Waals surface area (Å²) >= 11 is 0. The molecule has 0 atom stereocenters. The quantitative estimate of drug-likeness (QED) is 0.839. The highest BCUT2D eigenvalue weighted by atomic mass is 35.5. The van der Waals surface area contributed by atoms with Crippen molar-refractivity contribution in [2.45, 2.75) is 25.7 Å². The molecule has 0 radical (unpaired) electrons. The predicted molar refractivity (Wildman–Crippen MR) is 95.7 cm³/mol. The lowest BCUT2D eigenvalue weighted by Crippen LogP contribution is -2.13. The number of nitrogens with two attached hydrogens (primary N) is 1. The third-order valence-corrected chi connectivity index (χ3v) is 4.10. The van der Waals surface area contributed by atoms with Crippen molar-refractivity contribution in [1.82, 2.24) is 0 Å². The summed E-state index contributed by atoms with van der Waals surface area (Å²) < 4.78 is 5.11. The number of nitrogens with one attached hydrogen (secondary N) is 1. The van der Waals surface area contributed by atoms with Gasteiger partial charge >= 0.3 is 0 Å². The SMILES string of the molecule is COc1ccc(NC(=O)c2ccc3c(c2)CCCC3)cc1N.Cl. The average Bonchev–Trinajstić information content (AvgIpc) is 2.54. The number of benzene rings is 2. The van der Waals surface area contributed by atoms with E-state index >= 15 is 0 Å². The maximum atomic E-state index is 12.4. The van der Waals surface area contributed by atoms with Crippen LogP contribution in [-0.4, -0.2) is 13.0 Å². The molecule has 3 N–H and O–H groups in total. The molecule has 4 nitrogen and oxygen atoms in total. The smallest absolute Gasteiger partial charge is 0.255 e. The lowest BCUT2D eigenvalue weighted by Gasteiger charge is -2.16. The molecule has 122 valence electrons. The molecule has 2 aromatic rings. The van der Waals surface area contributed by atoms with Crippen LogP contribution in [-0.2, 0) is 12.8 Å². The van der Waals surface area contributed by atoms with Crippen LogP contribution < -0.4 is 15.8 Å². The van der Waals surface area contributed by atoms with Crippen molar-refractivity contribution < 1.29 is 9.53 Å². The van der Waals surface area contributed by atoms with Gasteiger partial charge < -0.3 is 15.8 Å². The molecule has 0 saturated heterocycles. The van der Waals surface area contributed by atoms with Crippen LogP contribution in [0.5, 0.6) is 5.75 Å². The van der Waals surface area contributed by atoms with Crippen LogP contribution in [0.25, 0.3) is 0 Å². The molecule has 5 heteroatoms. The van der Waals surface area contributed by atoms with Gasteiger partial charge in [0.1, 0.15) is 5.75 Å². The number of hydrogen-bond acceptors (Lipinski definition) is 3. The minimum Gasteiger partial charge on any atom is -0.495 e. The van der Waals surface area contributed by atoms with Gasteiger partial charge in [-0.15, -0.1) is 12.4 Å². The molecule has 3 rings (SSSR count). The van der Waals surface area contributed by atoms with Gasteiger partial charge in [-0.1, -0.05) is 6.07 Å². The number of halogens is 1. The average molecular weight is 333 g/mol. The van der Waals surface area contributed by atoms with Gasteiger partial charge in [0, 0.05) is 11.3 Å². The second kappa shape index (κ2) is 7.38. The minimum absolute atomic E-state index is 0. The Morgan fingerprint density at radius 3 is 2.52 bits per heavy atom. The Labute approximate surface area is 142 Å². The Hall–Kier alpha value is -2.20. The number of hydrogen-bond donors (Lipinski definition) is 2. The summed E-state index contributed by atoms with van der Waals surface area (Å²) in [6.07, 6.45) is 4.62. The van der Waals surface area contributed by atoms with E-state index in [2.05, 4.69) is 11.4 Å². The molecular formula is C18H21ClN2O2. The standard InChI is InChI=1S/C18H20N2O2.ClH/c1-22-17-9-8-15(11-16(17)19)20-18(21)14-7-6-12-4-2-3-5-13(12)10-14;/h6-11H,2-5,19H2,1H3,(H,20,21);1H. The maximum absolute atomic E-state index is 12.4. The second-order valence-corrected chi connectivity index (χ2v) is 5.60. The number of carbonyl (C=O) groups excluding carboxylic acids is 1. The first-order chi connectivity index (χ1) is 10.7. The van der Waals surface area contributed by atoms with E-state index < -0.39 is 0 Å². The molecule has 23 heavy (non-hydrogen) atoms. The van der Waals surface area contributed by atoms with Crippen molar-refractivity contribution in [3.63, 3.8) is 0 Å². The van der Waals surface area contributed by atoms with Gasteiger partial charge in [0.05, 0.1) is 12.8 Å². The van der Waals surface area contributed by atoms with Crippen LogP contribution in [0, 0.1) is 0 Å². The molecule has 0 aliphatic heterocycles. The fourth-order valence-corrected chi connectivity index (χ4v) is 2.89. The molecule has 2 aromatic carbocycles. The number of aryl methyl sites for hydroxylation is 2. The highest BCUT2D eigenvalue weighted by Gasteiger charge is 2.13. The highest BCUT2D eigenvalue weighted by molar-refractivity contribution is 6.04. The maximum Gasteiger partial charge on any atom is 0.255 e. The zero-order valence-corrected chi connectivity index (χ0v) is 13.9. The van der Waals surface area contributed by atoms with Crippen LogP contribution >= 0.6 is 12.4 Å². The summed E-state index contributed by atoms with van der Waals surface area (Å²) in [5.74, 6) is 0.490. The number of ether oxygens (including phenoxy) is 1. The van der Waals surface area contributed by atoms with Gasteiger partial charge in [0.2, 0.25) is 0 Å². The molecule has 1 aliphatic carbocycles. The number of fused-ring (bicyclic) bond motifs is 1. The summed E-state index contributed by atoms with van der Waals surface area (Å²) in [5.41, 5.74) is 10.4. The van der Waals surface area contributed by atoms with E-state index in [-0.39, 0.29) is 18.3 Å². The second-order valence-electron chi connectivity index (χ2n) is 5.60. The van der Waals surface area contributed by atoms with Crippen molar-refractivity contribution in [1.29, 1.82) is 0 Å². The van der Waals surface area contributed by atoms with Crippen molar-refractivity contribution >= 4 is 29.7 Å². The number of rotatable bonds is 3. The van der Waals surface area contributed by atoms with E-state index in [1.165, 1.54) is 24.0 Å². The summed E-state index contributed by atoms with van der Waals surface area (Å²) in [7, 11) is 1.57. The Morgan fingerprint density at radius 1 is 1.09 bits per heavy atom. The number of anilines is 2. The zero-order chi connectivity index (χ0) is 15.5. The molecule has 0 aromatic heterocycles. The molecule has 1 aliphatic rings. The van der Waals surface area contributed by atoms with E-state index in [0.717, 1.165) is 12.8 Å². The number of nitrogen functional groups attached to an aromatic ring is 1. The Balaban J connectivity index is 0.00000192. The fourth-order valence-electron chi connectivity index (χ4n) is 2.89. The molecule has 0 unspecified atom stereocenters. The summed E-state index contributed by atoms with van der Waals surface area (Å²) in [5, 5.41) is 2.88. The van der Waals surface area contributed by atoms with Gasteiger partial charge in [0.15, 0.2) is 0 Å². The lowest BCUT2D eigenvalue weighted by molar-refractivity contribution is 0.102. The predicted octanol–water partition coefficient (Wildman–Crippen LogP) is 3.83. The van der Waals surface area contributed by atoms with Crippen molar-refractivity contribution in [2.24, 2.45) is 0 Å². The first-order valence-corrected chi connectivity index (χ1v) is 7.54. The van der Waals surface area contributed by atoms with E-state index in [1.807, 2.05) is 12.1 Å². The Morgan fingerprint density at radius 2 is 1.83 bits per heavy atom. The number of amides is 1.